The molecule has 0 aromatic heterocycles. The van der Waals surface area contributed by atoms with Crippen LogP contribution in [-0.2, 0) is 9.53 Å². The summed E-state index contributed by atoms with van der Waals surface area (Å²) in [6, 6.07) is 4.82. The first kappa shape index (κ1) is 26.8. The molecule has 1 aliphatic heterocycles. The summed E-state index contributed by atoms with van der Waals surface area (Å²) < 4.78 is 11.8. The van der Waals surface area contributed by atoms with Gasteiger partial charge in [0.05, 0.1) is 17.7 Å². The Morgan fingerprint density at radius 3 is 2.54 bits per heavy atom. The predicted molar refractivity (Wildman–Crippen MR) is 135 cm³/mol. The van der Waals surface area contributed by atoms with Crippen LogP contribution in [0.5, 0.6) is 5.75 Å². The van der Waals surface area contributed by atoms with Gasteiger partial charge >= 0.3 is 6.03 Å². The number of benzene rings is 1. The molecule has 0 saturated heterocycles. The van der Waals surface area contributed by atoms with Gasteiger partial charge in [0.2, 0.25) is 5.91 Å². The monoisotopic (exact) mass is 488 g/mol. The third kappa shape index (κ3) is 6.87. The fourth-order valence-corrected chi connectivity index (χ4v) is 4.83. The van der Waals surface area contributed by atoms with E-state index < -0.39 is 0 Å². The average Bonchev–Trinajstić information content (AvgIpc) is 3.35. The van der Waals surface area contributed by atoms with Gasteiger partial charge in [0.1, 0.15) is 12.4 Å². The van der Waals surface area contributed by atoms with Crippen LogP contribution in [0.4, 0.5) is 10.5 Å². The molecule has 3 rings (SSSR count). The second-order valence-electron chi connectivity index (χ2n) is 9.79. The molecule has 9 nitrogen and oxygen atoms in total. The zero-order valence-corrected chi connectivity index (χ0v) is 21.6. The summed E-state index contributed by atoms with van der Waals surface area (Å²) in [5.41, 5.74) is 0.874. The number of nitrogens with one attached hydrogen (secondary N) is 2. The summed E-state index contributed by atoms with van der Waals surface area (Å²) in [6.45, 7) is 6.95. The highest BCUT2D eigenvalue weighted by molar-refractivity contribution is 5.99. The molecule has 194 valence electrons. The number of nitrogens with zero attached hydrogens (tertiary/aromatic N) is 2. The minimum Gasteiger partial charge on any atom is -0.491 e. The summed E-state index contributed by atoms with van der Waals surface area (Å²) >= 11 is 0. The molecule has 0 unspecified atom stereocenters. The number of likely N-dealkylation sites (N-methyl/N-ethyl adjacent to an activating group) is 1. The maximum Gasteiger partial charge on any atom is 0.319 e. The van der Waals surface area contributed by atoms with E-state index in [2.05, 4.69) is 10.6 Å². The Balaban J connectivity index is 1.87. The number of methoxy groups -OCH3 is 1. The number of fused-ring (bicyclic) bond motifs is 1. The van der Waals surface area contributed by atoms with E-state index >= 15 is 0 Å². The summed E-state index contributed by atoms with van der Waals surface area (Å²) in [5, 5.41) is 5.85. The molecule has 2 aliphatic rings. The van der Waals surface area contributed by atoms with Gasteiger partial charge in [-0.05, 0) is 38.0 Å². The quantitative estimate of drug-likeness (QED) is 0.676. The topological polar surface area (TPSA) is 100 Å². The Hall–Kier alpha value is -2.81. The maximum atomic E-state index is 13.4. The molecule has 1 aromatic carbocycles. The summed E-state index contributed by atoms with van der Waals surface area (Å²) in [6.07, 6.45) is 4.39. The van der Waals surface area contributed by atoms with Crippen molar-refractivity contribution in [3.05, 3.63) is 23.8 Å². The third-order valence-corrected chi connectivity index (χ3v) is 7.02. The standard InChI is InChI=1S/C26H40N4O5/c1-6-24(31)30-14-17(2)23(34-5)15-29(4)25(32)21-13-20(11-12-22(21)35-16-18(30)3)28-26(33)27-19-9-7-8-10-19/h11-13,17-19,23H,6-10,14-16H2,1-5H3,(H2,27,28,33)/t17-,18+,23-/m1/s1. The lowest BCUT2D eigenvalue weighted by Crippen LogP contribution is -2.48. The lowest BCUT2D eigenvalue weighted by Gasteiger charge is -2.36. The number of hydrogen-bond acceptors (Lipinski definition) is 5. The molecular formula is C26H40N4O5. The highest BCUT2D eigenvalue weighted by atomic mass is 16.5. The van der Waals surface area contributed by atoms with Crippen LogP contribution >= 0.6 is 0 Å². The Labute approximate surface area is 208 Å². The number of rotatable bonds is 4. The van der Waals surface area contributed by atoms with Crippen LogP contribution in [-0.4, -0.2) is 79.7 Å². The molecule has 4 amide bonds. The lowest BCUT2D eigenvalue weighted by molar-refractivity contribution is -0.135. The highest BCUT2D eigenvalue weighted by Gasteiger charge is 2.30. The minimum absolute atomic E-state index is 0.0133. The SMILES string of the molecule is CCC(=O)N1C[C@@H](C)[C@H](OC)CN(C)C(=O)c2cc(NC(=O)NC3CCCC3)ccc2OC[C@@H]1C. The molecule has 0 bridgehead atoms. The molecule has 0 spiro atoms. The van der Waals surface area contributed by atoms with Gasteiger partial charge in [-0.2, -0.15) is 0 Å². The van der Waals surface area contributed by atoms with Crippen molar-refractivity contribution >= 4 is 23.5 Å². The second kappa shape index (κ2) is 12.2. The van der Waals surface area contributed by atoms with Crippen LogP contribution in [0.3, 0.4) is 0 Å². The molecule has 2 N–H and O–H groups in total. The smallest absolute Gasteiger partial charge is 0.319 e. The van der Waals surface area contributed by atoms with Crippen molar-refractivity contribution < 1.29 is 23.9 Å². The van der Waals surface area contributed by atoms with E-state index in [1.165, 1.54) is 0 Å². The fraction of sp³-hybridized carbons (Fsp3) is 0.654. The van der Waals surface area contributed by atoms with E-state index in [1.54, 1.807) is 37.3 Å². The first-order valence-corrected chi connectivity index (χ1v) is 12.7. The van der Waals surface area contributed by atoms with Crippen molar-refractivity contribution in [3.63, 3.8) is 0 Å². The van der Waals surface area contributed by atoms with Crippen molar-refractivity contribution in [2.45, 2.75) is 71.1 Å². The van der Waals surface area contributed by atoms with Gasteiger partial charge in [0, 0.05) is 51.3 Å². The number of amides is 4. The Morgan fingerprint density at radius 1 is 1.17 bits per heavy atom. The minimum atomic E-state index is -0.276. The van der Waals surface area contributed by atoms with Crippen molar-refractivity contribution in [2.75, 3.05) is 39.2 Å². The predicted octanol–water partition coefficient (Wildman–Crippen LogP) is 3.49. The Bertz CT molecular complexity index is 902. The molecule has 1 aliphatic carbocycles. The number of urea groups is 1. The normalized spacial score (nSPS) is 24.1. The van der Waals surface area contributed by atoms with Crippen molar-refractivity contribution in [1.82, 2.24) is 15.1 Å². The molecule has 1 aromatic rings. The highest BCUT2D eigenvalue weighted by Crippen LogP contribution is 2.27. The van der Waals surface area contributed by atoms with Gasteiger partial charge in [0.25, 0.3) is 5.91 Å². The number of hydrogen-bond donors (Lipinski definition) is 2. The summed E-state index contributed by atoms with van der Waals surface area (Å²) in [7, 11) is 3.35. The number of carbonyl (C=O) groups excluding carboxylic acids is 3. The van der Waals surface area contributed by atoms with Gasteiger partial charge in [-0.25, -0.2) is 4.79 Å². The van der Waals surface area contributed by atoms with Crippen LogP contribution in [0.2, 0.25) is 0 Å². The average molecular weight is 489 g/mol. The zero-order valence-electron chi connectivity index (χ0n) is 21.6. The Morgan fingerprint density at radius 2 is 1.89 bits per heavy atom. The van der Waals surface area contributed by atoms with Crippen molar-refractivity contribution in [3.8, 4) is 5.75 Å². The molecule has 1 saturated carbocycles. The van der Waals surface area contributed by atoms with E-state index in [-0.39, 0.29) is 48.6 Å². The largest absolute Gasteiger partial charge is 0.491 e. The number of carbonyl (C=O) groups is 3. The van der Waals surface area contributed by atoms with E-state index in [0.29, 0.717) is 36.5 Å². The fourth-order valence-electron chi connectivity index (χ4n) is 4.83. The number of anilines is 1. The zero-order chi connectivity index (χ0) is 25.5. The molecule has 0 radical (unpaired) electrons. The lowest BCUT2D eigenvalue weighted by atomic mass is 10.0. The van der Waals surface area contributed by atoms with Crippen LogP contribution in [0.25, 0.3) is 0 Å². The molecule has 9 heteroatoms. The third-order valence-electron chi connectivity index (χ3n) is 7.02. The van der Waals surface area contributed by atoms with Gasteiger partial charge in [0.15, 0.2) is 0 Å². The molecule has 3 atom stereocenters. The number of ether oxygens (including phenoxy) is 2. The van der Waals surface area contributed by atoms with Crippen molar-refractivity contribution in [2.24, 2.45) is 5.92 Å². The van der Waals surface area contributed by atoms with Crippen LogP contribution < -0.4 is 15.4 Å². The first-order valence-electron chi connectivity index (χ1n) is 12.7. The van der Waals surface area contributed by atoms with E-state index in [0.717, 1.165) is 25.7 Å². The Kier molecular flexibility index (Phi) is 9.37. The van der Waals surface area contributed by atoms with Crippen LogP contribution in [0.15, 0.2) is 18.2 Å². The van der Waals surface area contributed by atoms with Gasteiger partial charge in [-0.3, -0.25) is 9.59 Å². The van der Waals surface area contributed by atoms with Crippen LogP contribution in [0.1, 0.15) is 63.2 Å². The van der Waals surface area contributed by atoms with E-state index in [4.69, 9.17) is 9.47 Å². The molecule has 35 heavy (non-hydrogen) atoms. The molecule has 1 fully saturated rings. The van der Waals surface area contributed by atoms with Crippen LogP contribution in [0, 0.1) is 5.92 Å². The first-order chi connectivity index (χ1) is 16.7. The van der Waals surface area contributed by atoms with E-state index in [9.17, 15) is 14.4 Å². The van der Waals surface area contributed by atoms with Gasteiger partial charge in [-0.15, -0.1) is 0 Å². The van der Waals surface area contributed by atoms with E-state index in [1.807, 2.05) is 25.7 Å². The summed E-state index contributed by atoms with van der Waals surface area (Å²) in [4.78, 5) is 42.0. The maximum absolute atomic E-state index is 13.4. The summed E-state index contributed by atoms with van der Waals surface area (Å²) in [5.74, 6) is 0.266. The van der Waals surface area contributed by atoms with Crippen molar-refractivity contribution in [1.29, 1.82) is 0 Å². The van der Waals surface area contributed by atoms with Gasteiger partial charge in [-0.1, -0.05) is 26.7 Å². The van der Waals surface area contributed by atoms with Gasteiger partial charge < -0.3 is 29.9 Å². The second-order valence-corrected chi connectivity index (χ2v) is 9.79. The molecule has 1 heterocycles. The molecular weight excluding hydrogens is 448 g/mol.